The maximum absolute atomic E-state index is 12.4. The molecule has 2 aromatic rings. The Morgan fingerprint density at radius 2 is 1.58 bits per heavy atom. The van der Waals surface area contributed by atoms with Gasteiger partial charge in [0.2, 0.25) is 0 Å². The predicted molar refractivity (Wildman–Crippen MR) is 109 cm³/mol. The van der Waals surface area contributed by atoms with E-state index in [9.17, 15) is 9.90 Å². The third-order valence-corrected chi connectivity index (χ3v) is 5.46. The number of carbonyl (C=O) groups is 1. The molecule has 0 fully saturated rings. The molecule has 0 saturated carbocycles. The Bertz CT molecular complexity index is 823. The molecular weight excluding hydrogens is 320 g/mol. The average Bonchev–Trinajstić information content (AvgIpc) is 2.51. The van der Waals surface area contributed by atoms with Crippen molar-refractivity contribution in [3.05, 3.63) is 69.3 Å². The average molecular weight is 353 g/mol. The van der Waals surface area contributed by atoms with Gasteiger partial charge in [-0.2, -0.15) is 0 Å². The molecule has 0 aromatic heterocycles. The van der Waals surface area contributed by atoms with Crippen LogP contribution in [0.1, 0.15) is 85.4 Å². The van der Waals surface area contributed by atoms with Crippen molar-refractivity contribution in [2.75, 3.05) is 0 Å². The van der Waals surface area contributed by atoms with Crippen molar-refractivity contribution >= 4 is 5.97 Å². The zero-order valence-electron chi connectivity index (χ0n) is 17.4. The minimum absolute atomic E-state index is 0.0333. The van der Waals surface area contributed by atoms with Gasteiger partial charge in [0.1, 0.15) is 5.92 Å². The molecule has 0 aliphatic heterocycles. The lowest BCUT2D eigenvalue weighted by atomic mass is 9.76. The van der Waals surface area contributed by atoms with Crippen LogP contribution in [0.3, 0.4) is 0 Å². The summed E-state index contributed by atoms with van der Waals surface area (Å²) in [5, 5.41) is 10.1. The topological polar surface area (TPSA) is 37.3 Å². The molecule has 1 atom stereocenters. The van der Waals surface area contributed by atoms with E-state index in [1.165, 1.54) is 11.1 Å². The Kier molecular flexibility index (Phi) is 5.65. The maximum atomic E-state index is 12.4. The van der Waals surface area contributed by atoms with Crippen LogP contribution in [0.15, 0.2) is 30.3 Å². The van der Waals surface area contributed by atoms with Gasteiger partial charge in [0.15, 0.2) is 0 Å². The van der Waals surface area contributed by atoms with E-state index in [1.54, 1.807) is 0 Å². The third kappa shape index (κ3) is 3.85. The second-order valence-corrected chi connectivity index (χ2v) is 8.75. The van der Waals surface area contributed by atoms with Gasteiger partial charge in [0.05, 0.1) is 0 Å². The van der Waals surface area contributed by atoms with Gasteiger partial charge in [-0.15, -0.1) is 0 Å². The number of benzene rings is 2. The second-order valence-electron chi connectivity index (χ2n) is 8.75. The van der Waals surface area contributed by atoms with E-state index in [0.717, 1.165) is 27.8 Å². The molecule has 0 amide bonds. The summed E-state index contributed by atoms with van der Waals surface area (Å²) < 4.78 is 0. The minimum Gasteiger partial charge on any atom is -0.481 e. The molecule has 0 aliphatic carbocycles. The maximum Gasteiger partial charge on any atom is 0.315 e. The Morgan fingerprint density at radius 3 is 2.08 bits per heavy atom. The summed E-state index contributed by atoms with van der Waals surface area (Å²) in [6.07, 6.45) is 0. The van der Waals surface area contributed by atoms with Gasteiger partial charge in [0.25, 0.3) is 0 Å². The van der Waals surface area contributed by atoms with Crippen LogP contribution in [0.5, 0.6) is 0 Å². The summed E-state index contributed by atoms with van der Waals surface area (Å²) in [5.74, 6) is -1.08. The van der Waals surface area contributed by atoms with Crippen molar-refractivity contribution < 1.29 is 9.90 Å². The summed E-state index contributed by atoms with van der Waals surface area (Å²) >= 11 is 0. The normalized spacial score (nSPS) is 13.1. The Morgan fingerprint density at radius 1 is 0.962 bits per heavy atom. The van der Waals surface area contributed by atoms with E-state index < -0.39 is 11.9 Å². The van der Waals surface area contributed by atoms with Crippen molar-refractivity contribution in [1.82, 2.24) is 0 Å². The SMILES string of the molecule is Cc1cccc(C(C(=O)O)c2cc(C(C)C)cc(C(C)(C)C)c2C)c1C. The van der Waals surface area contributed by atoms with Crippen LogP contribution in [0.4, 0.5) is 0 Å². The van der Waals surface area contributed by atoms with E-state index in [-0.39, 0.29) is 5.41 Å². The fourth-order valence-electron chi connectivity index (χ4n) is 3.69. The molecule has 2 rings (SSSR count). The molecule has 1 unspecified atom stereocenters. The number of hydrogen-bond acceptors (Lipinski definition) is 1. The van der Waals surface area contributed by atoms with Gasteiger partial charge in [-0.25, -0.2) is 0 Å². The van der Waals surface area contributed by atoms with Gasteiger partial charge >= 0.3 is 5.97 Å². The van der Waals surface area contributed by atoms with Crippen LogP contribution in [-0.4, -0.2) is 11.1 Å². The molecule has 0 saturated heterocycles. The largest absolute Gasteiger partial charge is 0.481 e. The monoisotopic (exact) mass is 352 g/mol. The van der Waals surface area contributed by atoms with Crippen molar-refractivity contribution in [2.45, 2.75) is 72.6 Å². The molecule has 2 heteroatoms. The lowest BCUT2D eigenvalue weighted by molar-refractivity contribution is -0.137. The highest BCUT2D eigenvalue weighted by Crippen LogP contribution is 2.38. The second kappa shape index (κ2) is 7.26. The van der Waals surface area contributed by atoms with Crippen molar-refractivity contribution in [1.29, 1.82) is 0 Å². The van der Waals surface area contributed by atoms with Crippen LogP contribution < -0.4 is 0 Å². The standard InChI is InChI=1S/C24H32O2/c1-14(2)18-12-20(17(5)21(13-18)24(6,7)8)22(23(25)26)19-11-9-10-15(3)16(19)4/h9-14,22H,1-8H3,(H,25,26). The van der Waals surface area contributed by atoms with Gasteiger partial charge in [-0.05, 0) is 71.0 Å². The fraction of sp³-hybridized carbons (Fsp3) is 0.458. The van der Waals surface area contributed by atoms with Crippen molar-refractivity contribution in [3.63, 3.8) is 0 Å². The van der Waals surface area contributed by atoms with E-state index in [2.05, 4.69) is 53.7 Å². The first-order valence-electron chi connectivity index (χ1n) is 9.39. The first-order valence-corrected chi connectivity index (χ1v) is 9.39. The molecule has 0 bridgehead atoms. The predicted octanol–water partition coefficient (Wildman–Crippen LogP) is 6.25. The fourth-order valence-corrected chi connectivity index (χ4v) is 3.69. The van der Waals surface area contributed by atoms with E-state index in [0.29, 0.717) is 5.92 Å². The number of aryl methyl sites for hydroxylation is 1. The molecule has 140 valence electrons. The molecular formula is C24H32O2. The smallest absolute Gasteiger partial charge is 0.315 e. The summed E-state index contributed by atoms with van der Waals surface area (Å²) in [4.78, 5) is 12.4. The summed E-state index contributed by atoms with van der Waals surface area (Å²) in [7, 11) is 0. The van der Waals surface area contributed by atoms with E-state index in [4.69, 9.17) is 0 Å². The molecule has 26 heavy (non-hydrogen) atoms. The first-order chi connectivity index (χ1) is 11.9. The number of carboxylic acid groups (broad SMARTS) is 1. The molecule has 1 N–H and O–H groups in total. The number of aliphatic carboxylic acids is 1. The van der Waals surface area contributed by atoms with E-state index >= 15 is 0 Å². The van der Waals surface area contributed by atoms with Crippen LogP contribution >= 0.6 is 0 Å². The zero-order valence-corrected chi connectivity index (χ0v) is 17.4. The lowest BCUT2D eigenvalue weighted by Gasteiger charge is -2.28. The Balaban J connectivity index is 2.83. The highest BCUT2D eigenvalue weighted by molar-refractivity contribution is 5.82. The first kappa shape index (κ1) is 20.2. The van der Waals surface area contributed by atoms with Gasteiger partial charge < -0.3 is 5.11 Å². The highest BCUT2D eigenvalue weighted by Gasteiger charge is 2.29. The van der Waals surface area contributed by atoms with Crippen molar-refractivity contribution in [2.24, 2.45) is 0 Å². The molecule has 0 heterocycles. The Hall–Kier alpha value is -2.09. The summed E-state index contributed by atoms with van der Waals surface area (Å²) in [5.41, 5.74) is 7.49. The van der Waals surface area contributed by atoms with Crippen LogP contribution in [0.2, 0.25) is 0 Å². The Labute approximate surface area is 158 Å². The molecule has 2 aromatic carbocycles. The molecule has 2 nitrogen and oxygen atoms in total. The minimum atomic E-state index is -0.789. The molecule has 0 spiro atoms. The summed E-state index contributed by atoms with van der Waals surface area (Å²) in [6, 6.07) is 10.3. The van der Waals surface area contributed by atoms with Gasteiger partial charge in [-0.1, -0.05) is 65.0 Å². The van der Waals surface area contributed by atoms with Crippen LogP contribution in [-0.2, 0) is 10.2 Å². The van der Waals surface area contributed by atoms with E-state index in [1.807, 2.05) is 32.0 Å². The lowest BCUT2D eigenvalue weighted by Crippen LogP contribution is -2.20. The molecule has 0 radical (unpaired) electrons. The van der Waals surface area contributed by atoms with Crippen LogP contribution in [0.25, 0.3) is 0 Å². The number of hydrogen-bond donors (Lipinski definition) is 1. The van der Waals surface area contributed by atoms with Crippen molar-refractivity contribution in [3.8, 4) is 0 Å². The quantitative estimate of drug-likeness (QED) is 0.706. The van der Waals surface area contributed by atoms with Gasteiger partial charge in [-0.3, -0.25) is 4.79 Å². The van der Waals surface area contributed by atoms with Crippen LogP contribution in [0, 0.1) is 20.8 Å². The molecule has 0 aliphatic rings. The number of carboxylic acids is 1. The highest BCUT2D eigenvalue weighted by atomic mass is 16.4. The third-order valence-electron chi connectivity index (χ3n) is 5.46. The number of rotatable bonds is 4. The van der Waals surface area contributed by atoms with Gasteiger partial charge in [0, 0.05) is 0 Å². The zero-order chi connectivity index (χ0) is 19.8. The summed E-state index contributed by atoms with van der Waals surface area (Å²) in [6.45, 7) is 17.0.